The standard InChI is InChI=1S/C24H27FN2O2/c1-7-27-22-12-20(25)17(11-19(22)15(2)13-24(27,4)5)14-26-21-10-8-9-18(16(21)3)23(28)29-6/h8-14H,7H2,1-6H3. The van der Waals surface area contributed by atoms with Crippen molar-refractivity contribution in [1.82, 2.24) is 0 Å². The predicted molar refractivity (Wildman–Crippen MR) is 117 cm³/mol. The lowest BCUT2D eigenvalue weighted by molar-refractivity contribution is 0.0600. The van der Waals surface area contributed by atoms with Gasteiger partial charge in [-0.2, -0.15) is 0 Å². The zero-order chi connectivity index (χ0) is 21.3. The number of carbonyl (C=O) groups excluding carboxylic acids is 1. The first-order valence-corrected chi connectivity index (χ1v) is 9.72. The molecule has 1 aliphatic rings. The van der Waals surface area contributed by atoms with Crippen LogP contribution in [0.4, 0.5) is 15.8 Å². The fourth-order valence-corrected chi connectivity index (χ4v) is 4.02. The van der Waals surface area contributed by atoms with Crippen LogP contribution in [-0.4, -0.2) is 31.4 Å². The average Bonchev–Trinajstić information content (AvgIpc) is 2.66. The van der Waals surface area contributed by atoms with Gasteiger partial charge in [0.25, 0.3) is 0 Å². The van der Waals surface area contributed by atoms with E-state index < -0.39 is 5.97 Å². The molecule has 0 saturated carbocycles. The van der Waals surface area contributed by atoms with E-state index in [0.29, 0.717) is 22.4 Å². The lowest BCUT2D eigenvalue weighted by atomic mass is 9.88. The van der Waals surface area contributed by atoms with E-state index in [2.05, 4.69) is 43.7 Å². The first kappa shape index (κ1) is 20.8. The Morgan fingerprint density at radius 3 is 2.66 bits per heavy atom. The monoisotopic (exact) mass is 394 g/mol. The second kappa shape index (κ2) is 7.82. The number of anilines is 1. The molecule has 0 atom stereocenters. The second-order valence-electron chi connectivity index (χ2n) is 7.82. The SMILES string of the molecule is CCN1c2cc(F)c(C=Nc3cccc(C(=O)OC)c3C)cc2C(C)=CC1(C)C. The number of hydrogen-bond acceptors (Lipinski definition) is 4. The van der Waals surface area contributed by atoms with Crippen LogP contribution in [0, 0.1) is 12.7 Å². The third-order valence-electron chi connectivity index (χ3n) is 5.47. The molecule has 0 unspecified atom stereocenters. The Kier molecular flexibility index (Phi) is 5.60. The number of allylic oxidation sites excluding steroid dienone is 1. The lowest BCUT2D eigenvalue weighted by Gasteiger charge is -2.42. The average molecular weight is 394 g/mol. The van der Waals surface area contributed by atoms with Gasteiger partial charge >= 0.3 is 5.97 Å². The number of aliphatic imine (C=N–C) groups is 1. The fourth-order valence-electron chi connectivity index (χ4n) is 4.02. The van der Waals surface area contributed by atoms with Crippen molar-refractivity contribution in [1.29, 1.82) is 0 Å². The lowest BCUT2D eigenvalue weighted by Crippen LogP contribution is -2.45. The molecule has 152 valence electrons. The maximum absolute atomic E-state index is 14.9. The zero-order valence-electron chi connectivity index (χ0n) is 17.8. The summed E-state index contributed by atoms with van der Waals surface area (Å²) in [4.78, 5) is 18.5. The zero-order valence-corrected chi connectivity index (χ0v) is 17.8. The van der Waals surface area contributed by atoms with E-state index in [-0.39, 0.29) is 11.4 Å². The Bertz CT molecular complexity index is 1020. The van der Waals surface area contributed by atoms with Crippen LogP contribution in [0.15, 0.2) is 41.4 Å². The maximum Gasteiger partial charge on any atom is 0.338 e. The first-order valence-electron chi connectivity index (χ1n) is 9.72. The molecule has 0 radical (unpaired) electrons. The summed E-state index contributed by atoms with van der Waals surface area (Å²) in [5.74, 6) is -0.735. The summed E-state index contributed by atoms with van der Waals surface area (Å²) in [5, 5.41) is 0. The summed E-state index contributed by atoms with van der Waals surface area (Å²) in [6.07, 6.45) is 3.73. The summed E-state index contributed by atoms with van der Waals surface area (Å²) < 4.78 is 19.7. The summed E-state index contributed by atoms with van der Waals surface area (Å²) in [7, 11) is 1.34. The molecule has 29 heavy (non-hydrogen) atoms. The van der Waals surface area contributed by atoms with Crippen molar-refractivity contribution in [2.24, 2.45) is 4.99 Å². The van der Waals surface area contributed by atoms with Gasteiger partial charge in [-0.25, -0.2) is 9.18 Å². The molecular weight excluding hydrogens is 367 g/mol. The van der Waals surface area contributed by atoms with Crippen LogP contribution < -0.4 is 4.90 Å². The molecule has 3 rings (SSSR count). The fraction of sp³-hybridized carbons (Fsp3) is 0.333. The third-order valence-corrected chi connectivity index (χ3v) is 5.47. The molecule has 0 amide bonds. The van der Waals surface area contributed by atoms with Crippen molar-refractivity contribution >= 4 is 29.1 Å². The van der Waals surface area contributed by atoms with Gasteiger partial charge in [0, 0.05) is 29.6 Å². The van der Waals surface area contributed by atoms with Crippen molar-refractivity contribution in [3.63, 3.8) is 0 Å². The number of hydrogen-bond donors (Lipinski definition) is 0. The van der Waals surface area contributed by atoms with Gasteiger partial charge in [0.15, 0.2) is 0 Å². The van der Waals surface area contributed by atoms with E-state index in [1.54, 1.807) is 31.2 Å². The number of methoxy groups -OCH3 is 1. The van der Waals surface area contributed by atoms with Gasteiger partial charge in [-0.15, -0.1) is 0 Å². The predicted octanol–water partition coefficient (Wildman–Crippen LogP) is 5.69. The van der Waals surface area contributed by atoms with Crippen molar-refractivity contribution in [2.75, 3.05) is 18.6 Å². The van der Waals surface area contributed by atoms with Gasteiger partial charge < -0.3 is 9.64 Å². The van der Waals surface area contributed by atoms with E-state index >= 15 is 0 Å². The Labute approximate surface area is 171 Å². The molecule has 0 spiro atoms. The highest BCUT2D eigenvalue weighted by Crippen LogP contribution is 2.39. The van der Waals surface area contributed by atoms with Crippen LogP contribution in [0.3, 0.4) is 0 Å². The molecule has 0 fully saturated rings. The topological polar surface area (TPSA) is 41.9 Å². The minimum Gasteiger partial charge on any atom is -0.465 e. The van der Waals surface area contributed by atoms with Crippen molar-refractivity contribution in [2.45, 2.75) is 40.2 Å². The van der Waals surface area contributed by atoms with Gasteiger partial charge in [0.2, 0.25) is 0 Å². The molecule has 0 saturated heterocycles. The number of carbonyl (C=O) groups is 1. The Morgan fingerprint density at radius 1 is 1.28 bits per heavy atom. The Morgan fingerprint density at radius 2 is 2.00 bits per heavy atom. The number of rotatable bonds is 4. The normalized spacial score (nSPS) is 15.3. The van der Waals surface area contributed by atoms with Crippen molar-refractivity contribution in [3.8, 4) is 0 Å². The van der Waals surface area contributed by atoms with Crippen molar-refractivity contribution in [3.05, 3.63) is 64.5 Å². The smallest absolute Gasteiger partial charge is 0.338 e. The minimum atomic E-state index is -0.414. The van der Waals surface area contributed by atoms with E-state index in [1.165, 1.54) is 13.3 Å². The second-order valence-corrected chi connectivity index (χ2v) is 7.82. The van der Waals surface area contributed by atoms with Gasteiger partial charge in [-0.1, -0.05) is 12.1 Å². The highest BCUT2D eigenvalue weighted by molar-refractivity contribution is 5.93. The van der Waals surface area contributed by atoms with E-state index in [4.69, 9.17) is 4.74 Å². The van der Waals surface area contributed by atoms with Crippen LogP contribution in [0.5, 0.6) is 0 Å². The molecule has 1 aliphatic heterocycles. The van der Waals surface area contributed by atoms with Crippen LogP contribution in [-0.2, 0) is 4.74 Å². The number of likely N-dealkylation sites (N-methyl/N-ethyl adjacent to an activating group) is 1. The number of benzene rings is 2. The highest BCUT2D eigenvalue weighted by atomic mass is 19.1. The summed E-state index contributed by atoms with van der Waals surface area (Å²) in [6, 6.07) is 8.66. The maximum atomic E-state index is 14.9. The highest BCUT2D eigenvalue weighted by Gasteiger charge is 2.30. The summed E-state index contributed by atoms with van der Waals surface area (Å²) in [6.45, 7) is 11.0. The van der Waals surface area contributed by atoms with Crippen molar-refractivity contribution < 1.29 is 13.9 Å². The molecule has 2 aromatic rings. The number of esters is 1. The third kappa shape index (κ3) is 3.82. The molecule has 4 nitrogen and oxygen atoms in total. The minimum absolute atomic E-state index is 0.167. The Balaban J connectivity index is 2.03. The van der Waals surface area contributed by atoms with Gasteiger partial charge in [0.1, 0.15) is 5.82 Å². The molecule has 2 aromatic carbocycles. The molecule has 0 bridgehead atoms. The van der Waals surface area contributed by atoms with E-state index in [0.717, 1.165) is 23.4 Å². The van der Waals surface area contributed by atoms with Crippen LogP contribution in [0.25, 0.3) is 5.57 Å². The van der Waals surface area contributed by atoms with E-state index in [1.807, 2.05) is 6.07 Å². The van der Waals surface area contributed by atoms with Crippen LogP contribution >= 0.6 is 0 Å². The molecule has 5 heteroatoms. The number of nitrogens with zero attached hydrogens (tertiary/aromatic N) is 2. The molecule has 1 heterocycles. The van der Waals surface area contributed by atoms with Crippen LogP contribution in [0.1, 0.15) is 54.7 Å². The molecular formula is C24H27FN2O2. The quantitative estimate of drug-likeness (QED) is 0.494. The van der Waals surface area contributed by atoms with E-state index in [9.17, 15) is 9.18 Å². The first-order chi connectivity index (χ1) is 13.7. The Hall–Kier alpha value is -2.95. The van der Waals surface area contributed by atoms with Gasteiger partial charge in [-0.3, -0.25) is 4.99 Å². The molecule has 0 N–H and O–H groups in total. The summed E-state index contributed by atoms with van der Waals surface area (Å²) in [5.41, 5.74) is 5.03. The number of fused-ring (bicyclic) bond motifs is 1. The molecule has 0 aliphatic carbocycles. The van der Waals surface area contributed by atoms with Crippen LogP contribution in [0.2, 0.25) is 0 Å². The van der Waals surface area contributed by atoms with Gasteiger partial charge in [0.05, 0.1) is 23.9 Å². The number of halogens is 1. The molecule has 0 aromatic heterocycles. The largest absolute Gasteiger partial charge is 0.465 e. The number of ether oxygens (including phenoxy) is 1. The summed E-state index contributed by atoms with van der Waals surface area (Å²) >= 11 is 0. The van der Waals surface area contributed by atoms with Gasteiger partial charge in [-0.05, 0) is 70.0 Å².